The van der Waals surface area contributed by atoms with Crippen molar-refractivity contribution in [2.24, 2.45) is 0 Å². The van der Waals surface area contributed by atoms with Crippen LogP contribution in [-0.2, 0) is 0 Å². The molecule has 0 amide bonds. The molecule has 0 radical (unpaired) electrons. The van der Waals surface area contributed by atoms with Gasteiger partial charge in [-0.15, -0.1) is 0 Å². The highest BCUT2D eigenvalue weighted by molar-refractivity contribution is 5.43. The van der Waals surface area contributed by atoms with Crippen LogP contribution in [0.3, 0.4) is 0 Å². The summed E-state index contributed by atoms with van der Waals surface area (Å²) in [5, 5.41) is 3.37. The molecular formula is C18H24N2O. The van der Waals surface area contributed by atoms with Crippen LogP contribution in [0.1, 0.15) is 42.1 Å². The minimum Gasteiger partial charge on any atom is -0.439 e. The van der Waals surface area contributed by atoms with Gasteiger partial charge in [0, 0.05) is 18.3 Å². The van der Waals surface area contributed by atoms with Crippen molar-refractivity contribution in [2.45, 2.75) is 40.7 Å². The molecule has 0 aliphatic carbocycles. The number of aryl methyl sites for hydroxylation is 2. The number of pyridine rings is 1. The smallest absolute Gasteiger partial charge is 0.219 e. The largest absolute Gasteiger partial charge is 0.439 e. The van der Waals surface area contributed by atoms with Crippen molar-refractivity contribution in [3.8, 4) is 11.6 Å². The predicted octanol–water partition coefficient (Wildman–Crippen LogP) is 4.47. The fourth-order valence-corrected chi connectivity index (χ4v) is 2.35. The summed E-state index contributed by atoms with van der Waals surface area (Å²) < 4.78 is 5.93. The van der Waals surface area contributed by atoms with Crippen molar-refractivity contribution in [3.05, 3.63) is 52.7 Å². The first-order valence-electron chi connectivity index (χ1n) is 7.46. The lowest BCUT2D eigenvalue weighted by molar-refractivity contribution is 0.457. The molecule has 2 aromatic rings. The van der Waals surface area contributed by atoms with Gasteiger partial charge in [0.15, 0.2) is 0 Å². The summed E-state index contributed by atoms with van der Waals surface area (Å²) in [6, 6.07) is 8.52. The molecule has 0 saturated carbocycles. The van der Waals surface area contributed by atoms with Crippen molar-refractivity contribution in [1.82, 2.24) is 10.3 Å². The lowest BCUT2D eigenvalue weighted by Gasteiger charge is -2.14. The Balaban J connectivity index is 2.17. The Hall–Kier alpha value is -1.87. The number of aromatic nitrogens is 1. The predicted molar refractivity (Wildman–Crippen MR) is 87.1 cm³/mol. The fraction of sp³-hybridized carbons (Fsp3) is 0.389. The molecule has 0 spiro atoms. The van der Waals surface area contributed by atoms with Gasteiger partial charge < -0.3 is 10.1 Å². The first-order chi connectivity index (χ1) is 10.0. The van der Waals surface area contributed by atoms with Gasteiger partial charge in [-0.25, -0.2) is 4.98 Å². The van der Waals surface area contributed by atoms with Crippen LogP contribution < -0.4 is 10.1 Å². The van der Waals surface area contributed by atoms with Gasteiger partial charge in [-0.05, 0) is 62.6 Å². The number of benzene rings is 1. The van der Waals surface area contributed by atoms with E-state index >= 15 is 0 Å². The van der Waals surface area contributed by atoms with Gasteiger partial charge in [0.1, 0.15) is 5.75 Å². The van der Waals surface area contributed by atoms with Crippen molar-refractivity contribution in [1.29, 1.82) is 0 Å². The number of rotatable bonds is 5. The Morgan fingerprint density at radius 1 is 1.19 bits per heavy atom. The standard InChI is InChI=1S/C18H24N2O/c1-6-19-15(5)16-7-8-18(20-11-16)21-17-10-12(2)9-13(3)14(17)4/h7-11,15,19H,6H2,1-5H3. The molecule has 0 aliphatic rings. The molecule has 1 N–H and O–H groups in total. The second-order valence-electron chi connectivity index (χ2n) is 5.52. The van der Waals surface area contributed by atoms with Crippen LogP contribution in [0.5, 0.6) is 11.6 Å². The second kappa shape index (κ2) is 6.72. The highest BCUT2D eigenvalue weighted by Gasteiger charge is 2.08. The highest BCUT2D eigenvalue weighted by Crippen LogP contribution is 2.27. The molecule has 1 aromatic heterocycles. The molecule has 1 aromatic carbocycles. The molecule has 21 heavy (non-hydrogen) atoms. The van der Waals surface area contributed by atoms with Crippen LogP contribution in [0.4, 0.5) is 0 Å². The van der Waals surface area contributed by atoms with E-state index in [2.05, 4.69) is 63.1 Å². The third kappa shape index (κ3) is 3.82. The van der Waals surface area contributed by atoms with Crippen LogP contribution in [-0.4, -0.2) is 11.5 Å². The SMILES string of the molecule is CCNC(C)c1ccc(Oc2cc(C)cc(C)c2C)nc1. The lowest BCUT2D eigenvalue weighted by Crippen LogP contribution is -2.17. The average Bonchev–Trinajstić information content (AvgIpc) is 2.45. The van der Waals surface area contributed by atoms with Gasteiger partial charge in [-0.1, -0.05) is 19.1 Å². The van der Waals surface area contributed by atoms with E-state index in [1.54, 1.807) is 0 Å². The van der Waals surface area contributed by atoms with Crippen molar-refractivity contribution in [3.63, 3.8) is 0 Å². The summed E-state index contributed by atoms with van der Waals surface area (Å²) in [4.78, 5) is 4.42. The molecule has 0 bridgehead atoms. The Morgan fingerprint density at radius 2 is 1.95 bits per heavy atom. The van der Waals surface area contributed by atoms with E-state index in [1.165, 1.54) is 16.7 Å². The fourth-order valence-electron chi connectivity index (χ4n) is 2.35. The van der Waals surface area contributed by atoms with Crippen LogP contribution in [0.15, 0.2) is 30.5 Å². The summed E-state index contributed by atoms with van der Waals surface area (Å²) in [5.41, 5.74) is 4.77. The quantitative estimate of drug-likeness (QED) is 0.879. The van der Waals surface area contributed by atoms with Gasteiger partial charge in [0.05, 0.1) is 0 Å². The third-order valence-electron chi connectivity index (χ3n) is 3.75. The molecule has 0 fully saturated rings. The van der Waals surface area contributed by atoms with E-state index < -0.39 is 0 Å². The van der Waals surface area contributed by atoms with Gasteiger partial charge in [0.2, 0.25) is 5.88 Å². The minimum atomic E-state index is 0.305. The normalized spacial score (nSPS) is 12.2. The first kappa shape index (κ1) is 15.5. The molecule has 2 rings (SSSR count). The molecule has 112 valence electrons. The van der Waals surface area contributed by atoms with Crippen molar-refractivity contribution >= 4 is 0 Å². The van der Waals surface area contributed by atoms with Gasteiger partial charge in [-0.3, -0.25) is 0 Å². The zero-order valence-corrected chi connectivity index (χ0v) is 13.5. The van der Waals surface area contributed by atoms with Crippen LogP contribution in [0.2, 0.25) is 0 Å². The van der Waals surface area contributed by atoms with Crippen LogP contribution >= 0.6 is 0 Å². The number of hydrogen-bond acceptors (Lipinski definition) is 3. The zero-order valence-electron chi connectivity index (χ0n) is 13.5. The van der Waals surface area contributed by atoms with E-state index in [0.717, 1.165) is 17.9 Å². The topological polar surface area (TPSA) is 34.1 Å². The maximum absolute atomic E-state index is 5.93. The summed E-state index contributed by atoms with van der Waals surface area (Å²) in [6.45, 7) is 11.4. The molecular weight excluding hydrogens is 260 g/mol. The average molecular weight is 284 g/mol. The van der Waals surface area contributed by atoms with Gasteiger partial charge in [-0.2, -0.15) is 0 Å². The Bertz CT molecular complexity index is 605. The van der Waals surface area contributed by atoms with Crippen molar-refractivity contribution in [2.75, 3.05) is 6.54 Å². The molecule has 3 nitrogen and oxygen atoms in total. The van der Waals surface area contributed by atoms with Gasteiger partial charge in [0.25, 0.3) is 0 Å². The Kier molecular flexibility index (Phi) is 4.97. The molecule has 1 atom stereocenters. The molecule has 1 heterocycles. The summed E-state index contributed by atoms with van der Waals surface area (Å²) in [6.07, 6.45) is 1.88. The van der Waals surface area contributed by atoms with E-state index in [9.17, 15) is 0 Å². The Morgan fingerprint density at radius 3 is 2.57 bits per heavy atom. The maximum Gasteiger partial charge on any atom is 0.219 e. The third-order valence-corrected chi connectivity index (χ3v) is 3.75. The van der Waals surface area contributed by atoms with E-state index in [0.29, 0.717) is 11.9 Å². The molecule has 0 saturated heterocycles. The summed E-state index contributed by atoms with van der Waals surface area (Å²) in [5.74, 6) is 1.52. The monoisotopic (exact) mass is 284 g/mol. The molecule has 3 heteroatoms. The first-order valence-corrected chi connectivity index (χ1v) is 7.46. The second-order valence-corrected chi connectivity index (χ2v) is 5.52. The number of hydrogen-bond donors (Lipinski definition) is 1. The number of nitrogens with zero attached hydrogens (tertiary/aromatic N) is 1. The summed E-state index contributed by atoms with van der Waals surface area (Å²) in [7, 11) is 0. The van der Waals surface area contributed by atoms with Gasteiger partial charge >= 0.3 is 0 Å². The number of ether oxygens (including phenoxy) is 1. The minimum absolute atomic E-state index is 0.305. The van der Waals surface area contributed by atoms with Crippen LogP contribution in [0.25, 0.3) is 0 Å². The van der Waals surface area contributed by atoms with E-state index in [4.69, 9.17) is 4.74 Å². The van der Waals surface area contributed by atoms with Crippen molar-refractivity contribution < 1.29 is 4.74 Å². The maximum atomic E-state index is 5.93. The molecule has 1 unspecified atom stereocenters. The van der Waals surface area contributed by atoms with E-state index in [1.807, 2.05) is 12.3 Å². The Labute approximate surface area is 127 Å². The zero-order chi connectivity index (χ0) is 15.4. The summed E-state index contributed by atoms with van der Waals surface area (Å²) >= 11 is 0. The highest BCUT2D eigenvalue weighted by atomic mass is 16.5. The van der Waals surface area contributed by atoms with Crippen LogP contribution in [0, 0.1) is 20.8 Å². The lowest BCUT2D eigenvalue weighted by atomic mass is 10.1. The number of nitrogens with one attached hydrogen (secondary N) is 1. The molecule has 0 aliphatic heterocycles. The van der Waals surface area contributed by atoms with E-state index in [-0.39, 0.29) is 0 Å².